The summed E-state index contributed by atoms with van der Waals surface area (Å²) in [5, 5.41) is 9.29. The molecule has 0 spiro atoms. The number of nitrogens with one attached hydrogen (secondary N) is 2. The normalized spacial score (nSPS) is 11.8. The number of nitrogens with two attached hydrogens (primary N) is 2. The van der Waals surface area contributed by atoms with Crippen molar-refractivity contribution in [1.82, 2.24) is 0 Å². The Morgan fingerprint density at radius 3 is 1.55 bits per heavy atom. The topological polar surface area (TPSA) is 172 Å². The van der Waals surface area contributed by atoms with E-state index in [1.54, 1.807) is 73.1 Å². The Balaban J connectivity index is 1.53. The summed E-state index contributed by atoms with van der Waals surface area (Å²) in [5.74, 6) is 0. The van der Waals surface area contributed by atoms with Crippen molar-refractivity contribution in [3.63, 3.8) is 0 Å². The van der Waals surface area contributed by atoms with Crippen LogP contribution in [-0.4, -0.2) is 33.0 Å². The lowest BCUT2D eigenvalue weighted by Gasteiger charge is -2.14. The molecule has 0 radical (unpaired) electrons. The first-order chi connectivity index (χ1) is 17.9. The van der Waals surface area contributed by atoms with Crippen LogP contribution in [-0.2, 0) is 20.2 Å². The fraction of sp³-hybridized carbons (Fsp3) is 0.0769. The summed E-state index contributed by atoms with van der Waals surface area (Å²) >= 11 is 0. The molecule has 0 saturated carbocycles. The maximum absolute atomic E-state index is 12.0. The molecule has 0 fully saturated rings. The Bertz CT molecular complexity index is 1670. The molecule has 0 aliphatic heterocycles. The zero-order valence-corrected chi connectivity index (χ0v) is 22.1. The van der Waals surface area contributed by atoms with E-state index < -0.39 is 20.2 Å². The number of hydrogen-bond acceptors (Lipinski definition) is 8. The summed E-state index contributed by atoms with van der Waals surface area (Å²) in [5.41, 5.74) is 4.51. The van der Waals surface area contributed by atoms with Gasteiger partial charge in [0.15, 0.2) is 11.4 Å². The predicted octanol–water partition coefficient (Wildman–Crippen LogP) is 2.64. The van der Waals surface area contributed by atoms with Gasteiger partial charge in [-0.25, -0.2) is 16.8 Å². The van der Waals surface area contributed by atoms with Gasteiger partial charge in [0.2, 0.25) is 0 Å². The molecule has 198 valence electrons. The largest absolute Gasteiger partial charge is 0.744 e. The van der Waals surface area contributed by atoms with Gasteiger partial charge in [0.1, 0.15) is 41.4 Å². The number of benzene rings is 4. The minimum absolute atomic E-state index is 0.273. The fourth-order valence-electron chi connectivity index (χ4n) is 3.86. The van der Waals surface area contributed by atoms with Crippen molar-refractivity contribution < 1.29 is 36.6 Å². The van der Waals surface area contributed by atoms with E-state index >= 15 is 0 Å². The van der Waals surface area contributed by atoms with E-state index in [-0.39, 0.29) is 21.2 Å². The van der Waals surface area contributed by atoms with E-state index in [0.29, 0.717) is 22.6 Å². The number of anilines is 3. The van der Waals surface area contributed by atoms with E-state index in [0.717, 1.165) is 11.4 Å². The van der Waals surface area contributed by atoms with Crippen molar-refractivity contribution in [2.45, 2.75) is 16.7 Å². The molecule has 4 rings (SSSR count). The van der Waals surface area contributed by atoms with Crippen LogP contribution in [0.1, 0.15) is 5.56 Å². The first-order valence-corrected chi connectivity index (χ1v) is 14.2. The van der Waals surface area contributed by atoms with Crippen LogP contribution in [0.4, 0.5) is 39.8 Å². The molecule has 4 aromatic carbocycles. The zero-order valence-electron chi connectivity index (χ0n) is 20.5. The van der Waals surface area contributed by atoms with Gasteiger partial charge in [-0.15, -0.1) is 0 Å². The molecule has 0 atom stereocenters. The van der Waals surface area contributed by atoms with Gasteiger partial charge in [0.25, 0.3) is 0 Å². The summed E-state index contributed by atoms with van der Waals surface area (Å²) in [6.45, 7) is 1.70. The quantitative estimate of drug-likeness (QED) is 0.181. The van der Waals surface area contributed by atoms with Gasteiger partial charge in [-0.3, -0.25) is 10.6 Å². The molecule has 0 aromatic heterocycles. The standard InChI is InChI=1S/C26H26N4O6S2/c1-17-3-13-23(25(15-17)37(31,32)33)29-21-10-8-19(9-11-21)28-22-12-14-24(26(16-22)38(34,35)36)30-20-6-4-18(27-2)5-7-20/h3-16,27-30H,1-2H3,(H,31,32,33)(H,34,35,36). The molecule has 6 N–H and O–H groups in total. The van der Waals surface area contributed by atoms with Gasteiger partial charge in [0, 0.05) is 60.5 Å². The first kappa shape index (κ1) is 27.3. The third kappa shape index (κ3) is 6.75. The second-order valence-corrected chi connectivity index (χ2v) is 11.3. The molecule has 0 heterocycles. The van der Waals surface area contributed by atoms with Gasteiger partial charge >= 0.3 is 0 Å². The highest BCUT2D eigenvalue weighted by molar-refractivity contribution is 7.86. The highest BCUT2D eigenvalue weighted by atomic mass is 32.2. The highest BCUT2D eigenvalue weighted by Gasteiger charge is 2.16. The van der Waals surface area contributed by atoms with Crippen LogP contribution in [0, 0.1) is 6.92 Å². The molecule has 0 aliphatic carbocycles. The molecule has 0 saturated heterocycles. The number of hydrogen-bond donors (Lipinski definition) is 4. The maximum Gasteiger partial charge on any atom is 0.152 e. The van der Waals surface area contributed by atoms with Crippen molar-refractivity contribution in [2.75, 3.05) is 17.7 Å². The Morgan fingerprint density at radius 1 is 0.605 bits per heavy atom. The lowest BCUT2D eigenvalue weighted by atomic mass is 10.2. The van der Waals surface area contributed by atoms with Crippen molar-refractivity contribution in [3.05, 3.63) is 90.5 Å². The van der Waals surface area contributed by atoms with E-state index in [2.05, 4.69) is 10.6 Å². The minimum atomic E-state index is -4.75. The second kappa shape index (κ2) is 10.9. The summed E-state index contributed by atoms with van der Waals surface area (Å²) in [6.07, 6.45) is 0. The molecular weight excluding hydrogens is 528 g/mol. The van der Waals surface area contributed by atoms with E-state index in [1.807, 2.05) is 24.3 Å². The highest BCUT2D eigenvalue weighted by Crippen LogP contribution is 2.26. The van der Waals surface area contributed by atoms with Crippen LogP contribution in [0.2, 0.25) is 0 Å². The van der Waals surface area contributed by atoms with Crippen LogP contribution in [0.15, 0.2) is 94.7 Å². The summed E-state index contributed by atoms with van der Waals surface area (Å²) in [4.78, 5) is -0.642. The number of quaternary nitrogens is 2. The summed E-state index contributed by atoms with van der Waals surface area (Å²) < 4.78 is 71.0. The third-order valence-corrected chi connectivity index (χ3v) is 7.55. The molecule has 38 heavy (non-hydrogen) atoms. The average Bonchev–Trinajstić information content (AvgIpc) is 2.86. The summed E-state index contributed by atoms with van der Waals surface area (Å²) in [6, 6.07) is 23.3. The van der Waals surface area contributed by atoms with Gasteiger partial charge in [-0.1, -0.05) is 6.07 Å². The maximum atomic E-state index is 12.0. The lowest BCUT2D eigenvalue weighted by molar-refractivity contribution is -0.481. The van der Waals surface area contributed by atoms with Crippen LogP contribution in [0.5, 0.6) is 0 Å². The van der Waals surface area contributed by atoms with Crippen molar-refractivity contribution in [2.24, 2.45) is 0 Å². The Labute approximate surface area is 221 Å². The number of rotatable bonds is 9. The fourth-order valence-corrected chi connectivity index (χ4v) is 5.29. The Morgan fingerprint density at radius 2 is 1.05 bits per heavy atom. The van der Waals surface area contributed by atoms with Gasteiger partial charge in [-0.05, 0) is 55.0 Å². The smallest absolute Gasteiger partial charge is 0.152 e. The van der Waals surface area contributed by atoms with Crippen LogP contribution in [0.3, 0.4) is 0 Å². The molecule has 0 bridgehead atoms. The summed E-state index contributed by atoms with van der Waals surface area (Å²) in [7, 11) is -7.61. The van der Waals surface area contributed by atoms with Gasteiger partial charge < -0.3 is 19.7 Å². The molecule has 0 amide bonds. The monoisotopic (exact) mass is 554 g/mol. The molecular formula is C26H26N4O6S2. The van der Waals surface area contributed by atoms with Crippen molar-refractivity contribution in [1.29, 1.82) is 0 Å². The molecule has 10 nitrogen and oxygen atoms in total. The van der Waals surface area contributed by atoms with E-state index in [9.17, 15) is 25.9 Å². The van der Waals surface area contributed by atoms with Crippen molar-refractivity contribution >= 4 is 60.0 Å². The molecule has 12 heteroatoms. The van der Waals surface area contributed by atoms with Gasteiger partial charge in [-0.2, -0.15) is 0 Å². The minimum Gasteiger partial charge on any atom is -0.744 e. The van der Waals surface area contributed by atoms with E-state index in [4.69, 9.17) is 0 Å². The van der Waals surface area contributed by atoms with E-state index in [1.165, 1.54) is 12.1 Å². The number of aryl methyl sites for hydroxylation is 1. The van der Waals surface area contributed by atoms with Gasteiger partial charge in [0.05, 0.1) is 0 Å². The van der Waals surface area contributed by atoms with Crippen LogP contribution in [0.25, 0.3) is 0 Å². The van der Waals surface area contributed by atoms with Crippen molar-refractivity contribution in [3.8, 4) is 0 Å². The predicted molar refractivity (Wildman–Crippen MR) is 142 cm³/mol. The molecule has 0 aliphatic rings. The Hall–Kier alpha value is -3.78. The molecule has 4 aromatic rings. The SMILES string of the molecule is CNc1ccc([NH2+]c2ccc(Nc3ccc([NH2+]c4ccc(C)cc4S(=O)(=O)[O-])cc3)cc2S(=O)(=O)[O-])cc1. The Kier molecular flexibility index (Phi) is 7.83. The first-order valence-electron chi connectivity index (χ1n) is 11.4. The second-order valence-electron chi connectivity index (χ2n) is 8.61. The third-order valence-electron chi connectivity index (χ3n) is 5.76. The van der Waals surface area contributed by atoms with Crippen LogP contribution < -0.4 is 21.3 Å². The zero-order chi connectivity index (χ0) is 27.5. The average molecular weight is 555 g/mol. The van der Waals surface area contributed by atoms with Crippen LogP contribution >= 0.6 is 0 Å². The lowest BCUT2D eigenvalue weighted by Crippen LogP contribution is -2.71. The molecule has 0 unspecified atom stereocenters.